The van der Waals surface area contributed by atoms with E-state index in [1.807, 2.05) is 13.0 Å². The third kappa shape index (κ3) is 4.07. The second-order valence-electron chi connectivity index (χ2n) is 6.97. The van der Waals surface area contributed by atoms with Crippen molar-refractivity contribution in [1.82, 2.24) is 4.90 Å². The molecular formula is C23H24BrNO5. The van der Waals surface area contributed by atoms with Crippen LogP contribution in [0.25, 0.3) is 5.76 Å². The Labute approximate surface area is 184 Å². The molecule has 2 aromatic rings. The molecule has 0 aromatic heterocycles. The highest BCUT2D eigenvalue weighted by atomic mass is 79.9. The van der Waals surface area contributed by atoms with E-state index >= 15 is 0 Å². The van der Waals surface area contributed by atoms with Gasteiger partial charge in [-0.2, -0.15) is 0 Å². The minimum atomic E-state index is -0.691. The van der Waals surface area contributed by atoms with Crippen LogP contribution in [-0.2, 0) is 9.59 Å². The molecule has 1 atom stereocenters. The molecule has 1 aliphatic heterocycles. The summed E-state index contributed by atoms with van der Waals surface area (Å²) in [7, 11) is 3.10. The van der Waals surface area contributed by atoms with E-state index in [1.54, 1.807) is 50.6 Å². The van der Waals surface area contributed by atoms with Crippen molar-refractivity contribution in [3.63, 3.8) is 0 Å². The van der Waals surface area contributed by atoms with Gasteiger partial charge >= 0.3 is 0 Å². The maximum atomic E-state index is 13.0. The second kappa shape index (κ2) is 9.34. The van der Waals surface area contributed by atoms with Crippen LogP contribution < -0.4 is 9.47 Å². The predicted molar refractivity (Wildman–Crippen MR) is 118 cm³/mol. The maximum Gasteiger partial charge on any atom is 0.295 e. The molecule has 1 amide bonds. The Morgan fingerprint density at radius 1 is 1.13 bits per heavy atom. The molecule has 0 radical (unpaired) electrons. The standard InChI is InChI=1S/C23H24BrNO5/c1-4-5-11-25-20(14-7-6-8-16(12-14)29-2)19(22(27)23(25)28)21(26)15-9-10-18(30-3)17(24)13-15/h6-10,12-13,20,26H,4-5,11H2,1-3H3/b21-19-. The Morgan fingerprint density at radius 3 is 2.53 bits per heavy atom. The number of ether oxygens (including phenoxy) is 2. The van der Waals surface area contributed by atoms with Crippen molar-refractivity contribution in [1.29, 1.82) is 0 Å². The number of carbonyl (C=O) groups excluding carboxylic acids is 2. The van der Waals surface area contributed by atoms with Crippen molar-refractivity contribution in [2.75, 3.05) is 20.8 Å². The van der Waals surface area contributed by atoms with Gasteiger partial charge < -0.3 is 19.5 Å². The van der Waals surface area contributed by atoms with Crippen LogP contribution in [0.2, 0.25) is 0 Å². The van der Waals surface area contributed by atoms with Gasteiger partial charge in [-0.3, -0.25) is 9.59 Å². The van der Waals surface area contributed by atoms with Gasteiger partial charge in [-0.05, 0) is 58.2 Å². The molecule has 0 spiro atoms. The van der Waals surface area contributed by atoms with Gasteiger partial charge in [0.05, 0.1) is 30.3 Å². The van der Waals surface area contributed by atoms with Gasteiger partial charge in [0.1, 0.15) is 17.3 Å². The van der Waals surface area contributed by atoms with Gasteiger partial charge in [0.2, 0.25) is 0 Å². The van der Waals surface area contributed by atoms with E-state index in [0.29, 0.717) is 33.6 Å². The number of amides is 1. The molecule has 6 nitrogen and oxygen atoms in total. The van der Waals surface area contributed by atoms with E-state index in [4.69, 9.17) is 9.47 Å². The van der Waals surface area contributed by atoms with Crippen LogP contribution in [0, 0.1) is 0 Å². The number of likely N-dealkylation sites (tertiary alicyclic amines) is 1. The first-order chi connectivity index (χ1) is 14.4. The van der Waals surface area contributed by atoms with Crippen molar-refractivity contribution >= 4 is 33.4 Å². The summed E-state index contributed by atoms with van der Waals surface area (Å²) in [6.45, 7) is 2.44. The molecule has 1 N–H and O–H groups in total. The molecule has 3 rings (SSSR count). The summed E-state index contributed by atoms with van der Waals surface area (Å²) in [5, 5.41) is 11.1. The number of Topliss-reactive ketones (excluding diaryl/α,β-unsaturated/α-hetero) is 1. The number of hydrogen-bond acceptors (Lipinski definition) is 5. The number of rotatable bonds is 7. The summed E-state index contributed by atoms with van der Waals surface area (Å²) in [6, 6.07) is 11.5. The first-order valence-electron chi connectivity index (χ1n) is 9.69. The van der Waals surface area contributed by atoms with Crippen molar-refractivity contribution in [2.24, 2.45) is 0 Å². The zero-order chi connectivity index (χ0) is 21.8. The smallest absolute Gasteiger partial charge is 0.295 e. The SMILES string of the molecule is CCCCN1C(=O)C(=O)/C(=C(\O)c2ccc(OC)c(Br)c2)C1c1cccc(OC)c1. The molecule has 30 heavy (non-hydrogen) atoms. The number of unbranched alkanes of at least 4 members (excludes halogenated alkanes) is 1. The Hall–Kier alpha value is -2.80. The minimum Gasteiger partial charge on any atom is -0.507 e. The molecule has 0 saturated carbocycles. The highest BCUT2D eigenvalue weighted by Crippen LogP contribution is 2.41. The average molecular weight is 474 g/mol. The fraction of sp³-hybridized carbons (Fsp3) is 0.304. The van der Waals surface area contributed by atoms with Crippen LogP contribution in [0.1, 0.15) is 36.9 Å². The normalized spacial score (nSPS) is 18.0. The maximum absolute atomic E-state index is 13.0. The van der Waals surface area contributed by atoms with Crippen molar-refractivity contribution in [3.8, 4) is 11.5 Å². The van der Waals surface area contributed by atoms with E-state index in [0.717, 1.165) is 12.8 Å². The third-order valence-electron chi connectivity index (χ3n) is 5.13. The molecule has 1 heterocycles. The number of halogens is 1. The molecule has 1 unspecified atom stereocenters. The second-order valence-corrected chi connectivity index (χ2v) is 7.83. The summed E-state index contributed by atoms with van der Waals surface area (Å²) in [5.41, 5.74) is 1.20. The quantitative estimate of drug-likeness (QED) is 0.358. The molecule has 158 valence electrons. The van der Waals surface area contributed by atoms with E-state index in [9.17, 15) is 14.7 Å². The van der Waals surface area contributed by atoms with Crippen molar-refractivity contribution in [2.45, 2.75) is 25.8 Å². The van der Waals surface area contributed by atoms with Gasteiger partial charge in [-0.15, -0.1) is 0 Å². The van der Waals surface area contributed by atoms with Crippen molar-refractivity contribution < 1.29 is 24.2 Å². The Balaban J connectivity index is 2.17. The first kappa shape index (κ1) is 21.9. The first-order valence-corrected chi connectivity index (χ1v) is 10.5. The largest absolute Gasteiger partial charge is 0.507 e. The van der Waals surface area contributed by atoms with Gasteiger partial charge in [-0.1, -0.05) is 25.5 Å². The highest BCUT2D eigenvalue weighted by Gasteiger charge is 2.45. The van der Waals surface area contributed by atoms with Gasteiger partial charge in [0.15, 0.2) is 0 Å². The number of hydrogen-bond donors (Lipinski definition) is 1. The molecule has 1 fully saturated rings. The average Bonchev–Trinajstić information content (AvgIpc) is 3.01. The number of methoxy groups -OCH3 is 2. The Bertz CT molecular complexity index is 1000. The monoisotopic (exact) mass is 473 g/mol. The van der Waals surface area contributed by atoms with Crippen LogP contribution in [0.3, 0.4) is 0 Å². The number of ketones is 1. The number of aliphatic hydroxyl groups is 1. The number of benzene rings is 2. The summed E-state index contributed by atoms with van der Waals surface area (Å²) < 4.78 is 11.2. The topological polar surface area (TPSA) is 76.1 Å². The number of nitrogens with zero attached hydrogens (tertiary/aromatic N) is 1. The van der Waals surface area contributed by atoms with Gasteiger partial charge in [0.25, 0.3) is 11.7 Å². The van der Waals surface area contributed by atoms with Gasteiger partial charge in [-0.25, -0.2) is 0 Å². The van der Waals surface area contributed by atoms with Crippen molar-refractivity contribution in [3.05, 3.63) is 63.6 Å². The van der Waals surface area contributed by atoms with Crippen LogP contribution in [0.15, 0.2) is 52.5 Å². The van der Waals surface area contributed by atoms with E-state index in [1.165, 1.54) is 4.90 Å². The van der Waals surface area contributed by atoms with Crippen LogP contribution in [0.4, 0.5) is 0 Å². The van der Waals surface area contributed by atoms with Gasteiger partial charge in [0, 0.05) is 12.1 Å². The van der Waals surface area contributed by atoms with Crippen LogP contribution in [-0.4, -0.2) is 42.5 Å². The molecule has 1 aliphatic rings. The molecule has 0 aliphatic carbocycles. The summed E-state index contributed by atoms with van der Waals surface area (Å²) >= 11 is 3.40. The molecular weight excluding hydrogens is 450 g/mol. The predicted octanol–water partition coefficient (Wildman–Crippen LogP) is 4.69. The number of carbonyl (C=O) groups is 2. The molecule has 2 aromatic carbocycles. The Kier molecular flexibility index (Phi) is 6.82. The lowest BCUT2D eigenvalue weighted by molar-refractivity contribution is -0.139. The minimum absolute atomic E-state index is 0.0708. The zero-order valence-electron chi connectivity index (χ0n) is 17.1. The van der Waals surface area contributed by atoms with E-state index in [2.05, 4.69) is 15.9 Å². The molecule has 0 bridgehead atoms. The highest BCUT2D eigenvalue weighted by molar-refractivity contribution is 9.10. The lowest BCUT2D eigenvalue weighted by atomic mass is 9.95. The fourth-order valence-electron chi connectivity index (χ4n) is 3.57. The Morgan fingerprint density at radius 2 is 1.90 bits per heavy atom. The molecule has 1 saturated heterocycles. The zero-order valence-corrected chi connectivity index (χ0v) is 18.7. The van der Waals surface area contributed by atoms with E-state index in [-0.39, 0.29) is 11.3 Å². The van der Waals surface area contributed by atoms with Crippen LogP contribution in [0.5, 0.6) is 11.5 Å². The van der Waals surface area contributed by atoms with Crippen LogP contribution >= 0.6 is 15.9 Å². The lowest BCUT2D eigenvalue weighted by Crippen LogP contribution is -2.30. The summed E-state index contributed by atoms with van der Waals surface area (Å²) in [6.07, 6.45) is 1.63. The third-order valence-corrected chi connectivity index (χ3v) is 5.75. The summed E-state index contributed by atoms with van der Waals surface area (Å²) in [5.74, 6) is -0.308. The van der Waals surface area contributed by atoms with E-state index < -0.39 is 17.7 Å². The number of aliphatic hydroxyl groups excluding tert-OH is 1. The lowest BCUT2D eigenvalue weighted by Gasteiger charge is -2.25. The fourth-order valence-corrected chi connectivity index (χ4v) is 4.11. The molecule has 7 heteroatoms. The summed E-state index contributed by atoms with van der Waals surface area (Å²) in [4.78, 5) is 27.3.